The molecule has 15 heavy (non-hydrogen) atoms. The monoisotopic (exact) mass is 247 g/mol. The van der Waals surface area contributed by atoms with Gasteiger partial charge in [0.25, 0.3) is 0 Å². The van der Waals surface area contributed by atoms with Crippen molar-refractivity contribution >= 4 is 24.2 Å². The number of hydrogen-bond donors (Lipinski definition) is 1. The van der Waals surface area contributed by atoms with Gasteiger partial charge >= 0.3 is 0 Å². The Hall–Kier alpha value is -0.510. The Morgan fingerprint density at radius 3 is 2.80 bits per heavy atom. The zero-order chi connectivity index (χ0) is 10.4. The zero-order valence-corrected chi connectivity index (χ0v) is 10.2. The first-order valence-corrected chi connectivity index (χ1v) is 5.63. The topological polar surface area (TPSA) is 26.0 Å². The van der Waals surface area contributed by atoms with E-state index in [0.717, 1.165) is 5.56 Å². The number of nitrogens with two attached hydrogens (primary N) is 1. The number of benzene rings is 1. The van der Waals surface area contributed by atoms with Gasteiger partial charge in [0.15, 0.2) is 0 Å². The summed E-state index contributed by atoms with van der Waals surface area (Å²) in [6, 6.07) is 8.06. The third-order valence-corrected chi connectivity index (χ3v) is 2.71. The maximum absolute atomic E-state index is 12.3. The average molecular weight is 248 g/mol. The van der Waals surface area contributed by atoms with E-state index in [0.29, 0.717) is 18.3 Å². The molecule has 0 spiro atoms. The van der Waals surface area contributed by atoms with Crippen LogP contribution in [0.2, 0.25) is 0 Å². The predicted molar refractivity (Wildman–Crippen MR) is 67.4 cm³/mol. The molecule has 0 aliphatic carbocycles. The highest BCUT2D eigenvalue weighted by molar-refractivity contribution is 7.98. The van der Waals surface area contributed by atoms with Gasteiger partial charge in [-0.2, -0.15) is 0 Å². The van der Waals surface area contributed by atoms with E-state index in [-0.39, 0.29) is 19.0 Å². The van der Waals surface area contributed by atoms with Gasteiger partial charge in [-0.15, -0.1) is 24.2 Å². The van der Waals surface area contributed by atoms with Crippen LogP contribution in [0.3, 0.4) is 0 Å². The van der Waals surface area contributed by atoms with Crippen molar-refractivity contribution in [3.05, 3.63) is 41.7 Å². The van der Waals surface area contributed by atoms with Gasteiger partial charge in [-0.1, -0.05) is 12.1 Å². The smallest absolute Gasteiger partial charge is 0.0875 e. The van der Waals surface area contributed by atoms with Gasteiger partial charge in [0.2, 0.25) is 0 Å². The summed E-state index contributed by atoms with van der Waals surface area (Å²) in [6.07, 6.45) is 3.22. The quantitative estimate of drug-likeness (QED) is 0.827. The molecule has 0 atom stereocenters. The molecule has 1 aromatic carbocycles. The molecule has 2 N–H and O–H groups in total. The summed E-state index contributed by atoms with van der Waals surface area (Å²) in [5, 5.41) is 0. The Labute approximate surface area is 100 Å². The molecule has 0 aliphatic rings. The van der Waals surface area contributed by atoms with E-state index in [2.05, 4.69) is 6.07 Å². The van der Waals surface area contributed by atoms with Gasteiger partial charge in [-0.25, -0.2) is 4.39 Å². The average Bonchev–Trinajstić information content (AvgIpc) is 2.26. The fourth-order valence-electron chi connectivity index (χ4n) is 1.20. The number of thioether (sulfide) groups is 1. The first-order chi connectivity index (χ1) is 6.80. The zero-order valence-electron chi connectivity index (χ0n) is 8.57. The lowest BCUT2D eigenvalue weighted by Gasteiger charge is -2.04. The van der Waals surface area contributed by atoms with Gasteiger partial charge in [0.1, 0.15) is 0 Å². The largest absolute Gasteiger partial charge is 0.327 e. The highest BCUT2D eigenvalue weighted by Crippen LogP contribution is 2.17. The van der Waals surface area contributed by atoms with Crippen LogP contribution in [0.4, 0.5) is 4.39 Å². The molecule has 0 aromatic heterocycles. The van der Waals surface area contributed by atoms with Crippen LogP contribution in [0, 0.1) is 0 Å². The van der Waals surface area contributed by atoms with Crippen molar-refractivity contribution in [2.24, 2.45) is 5.73 Å². The van der Waals surface area contributed by atoms with Crippen LogP contribution >= 0.6 is 24.2 Å². The van der Waals surface area contributed by atoms with E-state index in [4.69, 9.17) is 5.73 Å². The summed E-state index contributed by atoms with van der Waals surface area (Å²) < 4.78 is 12.3. The Balaban J connectivity index is 0.00000196. The fraction of sp³-hybridized carbons (Fsp3) is 0.273. The summed E-state index contributed by atoms with van der Waals surface area (Å²) in [7, 11) is 0. The van der Waals surface area contributed by atoms with E-state index in [1.807, 2.05) is 24.5 Å². The van der Waals surface area contributed by atoms with Crippen molar-refractivity contribution in [2.45, 2.75) is 11.3 Å². The number of rotatable bonds is 4. The van der Waals surface area contributed by atoms with Crippen molar-refractivity contribution in [3.63, 3.8) is 0 Å². The van der Waals surface area contributed by atoms with E-state index >= 15 is 0 Å². The normalized spacial score (nSPS) is 11.0. The van der Waals surface area contributed by atoms with Crippen LogP contribution < -0.4 is 5.73 Å². The van der Waals surface area contributed by atoms with Crippen LogP contribution in [0.1, 0.15) is 5.56 Å². The van der Waals surface area contributed by atoms with Crippen LogP contribution in [0.15, 0.2) is 41.1 Å². The second-order valence-corrected chi connectivity index (χ2v) is 3.88. The van der Waals surface area contributed by atoms with Crippen molar-refractivity contribution in [2.75, 3.05) is 12.8 Å². The van der Waals surface area contributed by atoms with Crippen LogP contribution in [0.5, 0.6) is 0 Å². The first kappa shape index (κ1) is 14.5. The van der Waals surface area contributed by atoms with Crippen LogP contribution in [-0.4, -0.2) is 12.8 Å². The van der Waals surface area contributed by atoms with E-state index in [1.165, 1.54) is 4.90 Å². The molecule has 0 aliphatic heterocycles. The number of hydrogen-bond acceptors (Lipinski definition) is 2. The maximum atomic E-state index is 12.3. The molecule has 1 aromatic rings. The van der Waals surface area contributed by atoms with Gasteiger partial charge in [0.05, 0.1) is 6.33 Å². The molecule has 0 saturated heterocycles. The second-order valence-electron chi connectivity index (χ2n) is 3.00. The molecule has 4 heteroatoms. The molecular weight excluding hydrogens is 233 g/mol. The highest BCUT2D eigenvalue weighted by Gasteiger charge is 1.99. The molecule has 0 bridgehead atoms. The molecule has 0 radical (unpaired) electrons. The van der Waals surface area contributed by atoms with Gasteiger partial charge < -0.3 is 5.73 Å². The molecule has 0 saturated carbocycles. The summed E-state index contributed by atoms with van der Waals surface area (Å²) in [5.74, 6) is 0. The van der Waals surface area contributed by atoms with E-state index in [9.17, 15) is 4.39 Å². The highest BCUT2D eigenvalue weighted by atomic mass is 35.5. The lowest BCUT2D eigenvalue weighted by atomic mass is 10.1. The number of halogens is 2. The molecular formula is C11H15ClFNS. The molecule has 0 heterocycles. The molecule has 1 rings (SSSR count). The second kappa shape index (κ2) is 7.74. The van der Waals surface area contributed by atoms with E-state index < -0.39 is 0 Å². The van der Waals surface area contributed by atoms with Crippen molar-refractivity contribution in [1.29, 1.82) is 0 Å². The molecule has 84 valence electrons. The SMILES string of the molecule is CSc1cccc(CC(=CF)CN)c1.Cl. The Morgan fingerprint density at radius 2 is 2.27 bits per heavy atom. The third kappa shape index (κ3) is 4.69. The predicted octanol–water partition coefficient (Wildman–Crippen LogP) is 3.18. The first-order valence-electron chi connectivity index (χ1n) is 4.41. The molecule has 0 fully saturated rings. The summed E-state index contributed by atoms with van der Waals surface area (Å²) >= 11 is 1.68. The summed E-state index contributed by atoms with van der Waals surface area (Å²) in [4.78, 5) is 1.19. The van der Waals surface area contributed by atoms with Crippen molar-refractivity contribution < 1.29 is 4.39 Å². The minimum Gasteiger partial charge on any atom is -0.327 e. The summed E-state index contributed by atoms with van der Waals surface area (Å²) in [5.41, 5.74) is 7.12. The molecule has 1 nitrogen and oxygen atoms in total. The van der Waals surface area contributed by atoms with Crippen molar-refractivity contribution in [1.82, 2.24) is 0 Å². The molecule has 0 unspecified atom stereocenters. The third-order valence-electron chi connectivity index (χ3n) is 1.98. The Kier molecular flexibility index (Phi) is 7.48. The van der Waals surface area contributed by atoms with Crippen LogP contribution in [-0.2, 0) is 6.42 Å². The minimum atomic E-state index is 0. The lowest BCUT2D eigenvalue weighted by molar-refractivity contribution is 0.699. The van der Waals surface area contributed by atoms with Crippen molar-refractivity contribution in [3.8, 4) is 0 Å². The van der Waals surface area contributed by atoms with Gasteiger partial charge in [0, 0.05) is 11.4 Å². The maximum Gasteiger partial charge on any atom is 0.0875 e. The minimum absolute atomic E-state index is 0. The fourth-order valence-corrected chi connectivity index (χ4v) is 1.68. The van der Waals surface area contributed by atoms with E-state index in [1.54, 1.807) is 11.8 Å². The van der Waals surface area contributed by atoms with Gasteiger partial charge in [-0.05, 0) is 35.9 Å². The standard InChI is InChI=1S/C11H14FNS.ClH/c1-14-11-4-2-3-9(6-11)5-10(7-12)8-13;/h2-4,6-7H,5,8,13H2,1H3;1H. The van der Waals surface area contributed by atoms with Crippen LogP contribution in [0.25, 0.3) is 0 Å². The lowest BCUT2D eigenvalue weighted by Crippen LogP contribution is -2.05. The Bertz CT molecular complexity index is 328. The summed E-state index contributed by atoms with van der Waals surface area (Å²) in [6.45, 7) is 0.278. The molecule has 0 amide bonds. The Morgan fingerprint density at radius 1 is 1.53 bits per heavy atom. The van der Waals surface area contributed by atoms with Gasteiger partial charge in [-0.3, -0.25) is 0 Å².